The first-order chi connectivity index (χ1) is 8.92. The number of ether oxygens (including phenoxy) is 1. The van der Waals surface area contributed by atoms with Crippen molar-refractivity contribution in [1.82, 2.24) is 9.80 Å². The Kier molecular flexibility index (Phi) is 4.52. The second kappa shape index (κ2) is 5.46. The highest BCUT2D eigenvalue weighted by molar-refractivity contribution is 6.01. The number of ketones is 1. The van der Waals surface area contributed by atoms with E-state index in [2.05, 4.69) is 0 Å². The first-order valence-electron chi connectivity index (χ1n) is 6.82. The molecule has 0 aromatic heterocycles. The molecule has 5 nitrogen and oxygen atoms in total. The lowest BCUT2D eigenvalue weighted by atomic mass is 9.80. The van der Waals surface area contributed by atoms with Gasteiger partial charge < -0.3 is 14.5 Å². The minimum absolute atomic E-state index is 0.0889. The Labute approximate surface area is 121 Å². The monoisotopic (exact) mass is 282 g/mol. The van der Waals surface area contributed by atoms with Crippen molar-refractivity contribution in [2.75, 3.05) is 27.2 Å². The second-order valence-electron chi connectivity index (χ2n) is 7.17. The summed E-state index contributed by atoms with van der Waals surface area (Å²) in [6.45, 7) is 9.90. The van der Waals surface area contributed by atoms with Gasteiger partial charge in [-0.25, -0.2) is 4.79 Å². The van der Waals surface area contributed by atoms with Crippen molar-refractivity contribution in [3.05, 3.63) is 11.8 Å². The van der Waals surface area contributed by atoms with Crippen molar-refractivity contribution in [3.8, 4) is 0 Å². The van der Waals surface area contributed by atoms with Crippen LogP contribution in [0.15, 0.2) is 11.8 Å². The van der Waals surface area contributed by atoms with Crippen molar-refractivity contribution in [3.63, 3.8) is 0 Å². The van der Waals surface area contributed by atoms with E-state index in [1.165, 1.54) is 0 Å². The maximum Gasteiger partial charge on any atom is 0.410 e. The first kappa shape index (κ1) is 16.5. The summed E-state index contributed by atoms with van der Waals surface area (Å²) in [7, 11) is 3.72. The Morgan fingerprint density at radius 2 is 1.90 bits per heavy atom. The van der Waals surface area contributed by atoms with E-state index in [9.17, 15) is 9.59 Å². The zero-order valence-electron chi connectivity index (χ0n) is 13.6. The van der Waals surface area contributed by atoms with Gasteiger partial charge in [0.2, 0.25) is 0 Å². The van der Waals surface area contributed by atoms with Crippen LogP contribution in [0.4, 0.5) is 4.79 Å². The summed E-state index contributed by atoms with van der Waals surface area (Å²) in [5.41, 5.74) is -0.484. The molecule has 0 atom stereocenters. The van der Waals surface area contributed by atoms with Crippen LogP contribution >= 0.6 is 0 Å². The number of hydrogen-bond donors (Lipinski definition) is 0. The largest absolute Gasteiger partial charge is 0.444 e. The topological polar surface area (TPSA) is 49.9 Å². The Bertz CT molecular complexity index is 431. The summed E-state index contributed by atoms with van der Waals surface area (Å²) in [6.07, 6.45) is 1.41. The zero-order valence-corrected chi connectivity index (χ0v) is 13.6. The average Bonchev–Trinajstić information content (AvgIpc) is 2.21. The molecular formula is C15H26N2O3. The summed E-state index contributed by atoms with van der Waals surface area (Å²) in [6, 6.07) is 0. The Hall–Kier alpha value is -1.52. The van der Waals surface area contributed by atoms with Crippen LogP contribution in [0.25, 0.3) is 0 Å². The third kappa shape index (κ3) is 4.25. The molecule has 0 saturated carbocycles. The minimum Gasteiger partial charge on any atom is -0.444 e. The van der Waals surface area contributed by atoms with Gasteiger partial charge in [0, 0.05) is 37.8 Å². The molecule has 20 heavy (non-hydrogen) atoms. The molecule has 0 aromatic rings. The van der Waals surface area contributed by atoms with Crippen molar-refractivity contribution < 1.29 is 14.3 Å². The third-order valence-corrected chi connectivity index (χ3v) is 2.92. The molecule has 0 spiro atoms. The second-order valence-corrected chi connectivity index (χ2v) is 7.17. The number of Topliss-reactive ketones (excluding diaryl/α,β-unsaturated/α-hetero) is 1. The molecule has 114 valence electrons. The molecule has 0 aromatic carbocycles. The maximum absolute atomic E-state index is 12.4. The van der Waals surface area contributed by atoms with E-state index < -0.39 is 11.0 Å². The molecule has 0 aliphatic carbocycles. The van der Waals surface area contributed by atoms with Gasteiger partial charge in [0.05, 0.1) is 6.54 Å². The number of amides is 1. The Morgan fingerprint density at radius 3 is 2.35 bits per heavy atom. The summed E-state index contributed by atoms with van der Waals surface area (Å²) >= 11 is 0. The molecule has 1 saturated heterocycles. The van der Waals surface area contributed by atoms with Gasteiger partial charge in [0.1, 0.15) is 5.60 Å². The fourth-order valence-corrected chi connectivity index (χ4v) is 2.18. The number of likely N-dealkylation sites (tertiary alicyclic amines) is 1. The molecule has 0 N–H and O–H groups in total. The van der Waals surface area contributed by atoms with Crippen molar-refractivity contribution in [1.29, 1.82) is 0 Å². The van der Waals surface area contributed by atoms with Gasteiger partial charge in [-0.3, -0.25) is 4.79 Å². The smallest absolute Gasteiger partial charge is 0.410 e. The van der Waals surface area contributed by atoms with Crippen LogP contribution in [0, 0.1) is 5.41 Å². The summed E-state index contributed by atoms with van der Waals surface area (Å²) in [5.74, 6) is 0.0889. The first-order valence-corrected chi connectivity index (χ1v) is 6.82. The van der Waals surface area contributed by atoms with E-state index in [1.54, 1.807) is 11.1 Å². The number of nitrogens with zero attached hydrogens (tertiary/aromatic N) is 2. The number of carbonyl (C=O) groups is 2. The summed E-state index contributed by atoms with van der Waals surface area (Å²) < 4.78 is 5.39. The number of carbonyl (C=O) groups excluding carboxylic acids is 2. The lowest BCUT2D eigenvalue weighted by Gasteiger charge is -2.38. The average molecular weight is 282 g/mol. The number of piperidine rings is 1. The predicted molar refractivity (Wildman–Crippen MR) is 78.4 cm³/mol. The molecular weight excluding hydrogens is 256 g/mol. The van der Waals surface area contributed by atoms with E-state index in [-0.39, 0.29) is 11.9 Å². The summed E-state index contributed by atoms with van der Waals surface area (Å²) in [4.78, 5) is 28.0. The van der Waals surface area contributed by atoms with Gasteiger partial charge >= 0.3 is 6.09 Å². The fourth-order valence-electron chi connectivity index (χ4n) is 2.18. The molecule has 1 fully saturated rings. The molecule has 1 rings (SSSR count). The molecule has 0 radical (unpaired) electrons. The van der Waals surface area contributed by atoms with E-state index >= 15 is 0 Å². The quantitative estimate of drug-likeness (QED) is 0.692. The third-order valence-electron chi connectivity index (χ3n) is 2.92. The van der Waals surface area contributed by atoms with Gasteiger partial charge in [-0.2, -0.15) is 0 Å². The Morgan fingerprint density at radius 1 is 1.35 bits per heavy atom. The highest BCUT2D eigenvalue weighted by Gasteiger charge is 2.40. The predicted octanol–water partition coefficient (Wildman–Crippen LogP) is 2.28. The van der Waals surface area contributed by atoms with E-state index in [0.717, 1.165) is 0 Å². The van der Waals surface area contributed by atoms with Gasteiger partial charge in [-0.1, -0.05) is 13.8 Å². The molecule has 0 bridgehead atoms. The SMILES string of the molecule is CN(C)/C=C1/CN(C(=O)OC(C)(C)C)CC(C)(C)C1=O. The van der Waals surface area contributed by atoms with E-state index in [4.69, 9.17) is 4.74 Å². The molecule has 0 unspecified atom stereocenters. The maximum atomic E-state index is 12.4. The molecule has 1 aliphatic rings. The minimum atomic E-state index is -0.586. The van der Waals surface area contributed by atoms with Crippen molar-refractivity contribution in [2.45, 2.75) is 40.2 Å². The van der Waals surface area contributed by atoms with E-state index in [1.807, 2.05) is 53.6 Å². The van der Waals surface area contributed by atoms with Crippen LogP contribution < -0.4 is 0 Å². The molecule has 5 heteroatoms. The lowest BCUT2D eigenvalue weighted by Crippen LogP contribution is -2.51. The zero-order chi connectivity index (χ0) is 15.7. The molecule has 1 heterocycles. The van der Waals surface area contributed by atoms with Crippen LogP contribution in [-0.4, -0.2) is 54.5 Å². The number of hydrogen-bond acceptors (Lipinski definition) is 4. The number of rotatable bonds is 1. The fraction of sp³-hybridized carbons (Fsp3) is 0.733. The molecule has 1 aliphatic heterocycles. The lowest BCUT2D eigenvalue weighted by molar-refractivity contribution is -0.126. The van der Waals surface area contributed by atoms with E-state index in [0.29, 0.717) is 18.7 Å². The standard InChI is InChI=1S/C15H26N2O3/c1-14(2,3)20-13(19)17-9-11(8-16(6)7)12(18)15(4,5)10-17/h8H,9-10H2,1-7H3/b11-8-. The van der Waals surface area contributed by atoms with Crippen LogP contribution in [-0.2, 0) is 9.53 Å². The Balaban J connectivity index is 2.96. The van der Waals surface area contributed by atoms with Gasteiger partial charge in [-0.15, -0.1) is 0 Å². The van der Waals surface area contributed by atoms with Crippen molar-refractivity contribution in [2.24, 2.45) is 5.41 Å². The van der Waals surface area contributed by atoms with Crippen LogP contribution in [0.3, 0.4) is 0 Å². The molecule has 1 amide bonds. The van der Waals surface area contributed by atoms with Gasteiger partial charge in [-0.05, 0) is 20.8 Å². The van der Waals surface area contributed by atoms with Crippen molar-refractivity contribution >= 4 is 11.9 Å². The van der Waals surface area contributed by atoms with Crippen LogP contribution in [0.5, 0.6) is 0 Å². The summed E-state index contributed by atoms with van der Waals surface area (Å²) in [5, 5.41) is 0. The van der Waals surface area contributed by atoms with Gasteiger partial charge in [0.15, 0.2) is 5.78 Å². The highest BCUT2D eigenvalue weighted by atomic mass is 16.6. The van der Waals surface area contributed by atoms with Gasteiger partial charge in [0.25, 0.3) is 0 Å². The van der Waals surface area contributed by atoms with Crippen LogP contribution in [0.2, 0.25) is 0 Å². The van der Waals surface area contributed by atoms with Crippen LogP contribution in [0.1, 0.15) is 34.6 Å². The highest BCUT2D eigenvalue weighted by Crippen LogP contribution is 2.29. The normalized spacial score (nSPS) is 21.1.